The summed E-state index contributed by atoms with van der Waals surface area (Å²) in [5.41, 5.74) is 3.60. The molecular weight excluding hydrogens is 606 g/mol. The standard InChI is InChI=1S/C32H23BrClN3O4/c1-19-8-7-9-20(14-19)18-40-30-26(39-2)16-22(28(33)29(30)34)17-35-37-31(27-15-21-10-3-6-13-25(21)41-27)36-24-12-5-4-11-23(24)32(37)38/h3-17H,18H2,1-2H3. The number of benzene rings is 4. The number of methoxy groups -OCH3 is 1. The van der Waals surface area contributed by atoms with Gasteiger partial charge in [-0.05, 0) is 58.7 Å². The van der Waals surface area contributed by atoms with Gasteiger partial charge in [0.05, 0.1) is 24.2 Å². The van der Waals surface area contributed by atoms with Gasteiger partial charge < -0.3 is 13.9 Å². The van der Waals surface area contributed by atoms with Crippen molar-refractivity contribution in [3.05, 3.63) is 121 Å². The van der Waals surface area contributed by atoms with Gasteiger partial charge in [-0.25, -0.2) is 4.98 Å². The van der Waals surface area contributed by atoms with Crippen molar-refractivity contribution in [2.45, 2.75) is 13.5 Å². The molecule has 6 rings (SSSR count). The second kappa shape index (κ2) is 11.2. The molecule has 0 aliphatic rings. The lowest BCUT2D eigenvalue weighted by atomic mass is 10.1. The van der Waals surface area contributed by atoms with Crippen LogP contribution < -0.4 is 15.0 Å². The van der Waals surface area contributed by atoms with E-state index in [-0.39, 0.29) is 11.4 Å². The third-order valence-electron chi connectivity index (χ3n) is 6.55. The van der Waals surface area contributed by atoms with E-state index in [1.165, 1.54) is 18.0 Å². The first-order valence-corrected chi connectivity index (χ1v) is 13.9. The fourth-order valence-corrected chi connectivity index (χ4v) is 5.20. The van der Waals surface area contributed by atoms with Gasteiger partial charge in [-0.1, -0.05) is 71.8 Å². The molecular formula is C32H23BrClN3O4. The second-order valence-corrected chi connectivity index (χ2v) is 10.5. The Morgan fingerprint density at radius 2 is 1.85 bits per heavy atom. The first-order chi connectivity index (χ1) is 19.9. The molecule has 9 heteroatoms. The topological polar surface area (TPSA) is 78.9 Å². The molecule has 204 valence electrons. The number of rotatable bonds is 7. The molecule has 0 saturated heterocycles. The van der Waals surface area contributed by atoms with E-state index >= 15 is 0 Å². The summed E-state index contributed by atoms with van der Waals surface area (Å²) < 4.78 is 19.5. The third-order valence-corrected chi connectivity index (χ3v) is 8.00. The predicted octanol–water partition coefficient (Wildman–Crippen LogP) is 8.00. The molecule has 0 spiro atoms. The molecule has 0 unspecified atom stereocenters. The van der Waals surface area contributed by atoms with Crippen LogP contribution in [0, 0.1) is 6.92 Å². The van der Waals surface area contributed by atoms with Gasteiger partial charge in [0, 0.05) is 15.4 Å². The highest BCUT2D eigenvalue weighted by molar-refractivity contribution is 9.10. The van der Waals surface area contributed by atoms with Crippen molar-refractivity contribution < 1.29 is 13.9 Å². The van der Waals surface area contributed by atoms with Crippen LogP contribution in [0.3, 0.4) is 0 Å². The highest BCUT2D eigenvalue weighted by Gasteiger charge is 2.19. The Hall–Kier alpha value is -4.40. The third kappa shape index (κ3) is 5.24. The van der Waals surface area contributed by atoms with Crippen LogP contribution in [0.15, 0.2) is 104 Å². The number of hydrogen-bond acceptors (Lipinski definition) is 6. The maximum Gasteiger partial charge on any atom is 0.282 e. The molecule has 41 heavy (non-hydrogen) atoms. The Kier molecular flexibility index (Phi) is 7.34. The van der Waals surface area contributed by atoms with Gasteiger partial charge in [0.15, 0.2) is 17.3 Å². The summed E-state index contributed by atoms with van der Waals surface area (Å²) in [6, 6.07) is 26.3. The minimum absolute atomic E-state index is 0.272. The molecule has 0 radical (unpaired) electrons. The van der Waals surface area contributed by atoms with Crippen LogP contribution in [-0.4, -0.2) is 23.0 Å². The molecule has 0 bridgehead atoms. The molecule has 2 aromatic heterocycles. The lowest BCUT2D eigenvalue weighted by Gasteiger charge is -2.15. The monoisotopic (exact) mass is 627 g/mol. The van der Waals surface area contributed by atoms with Crippen molar-refractivity contribution in [2.24, 2.45) is 5.10 Å². The Bertz CT molecular complexity index is 1980. The number of nitrogens with zero attached hydrogens (tertiary/aromatic N) is 3. The van der Waals surface area contributed by atoms with Crippen LogP contribution >= 0.6 is 27.5 Å². The van der Waals surface area contributed by atoms with Crippen molar-refractivity contribution in [1.29, 1.82) is 0 Å². The first kappa shape index (κ1) is 26.8. The minimum Gasteiger partial charge on any atom is -0.493 e. The van der Waals surface area contributed by atoms with E-state index in [1.54, 1.807) is 24.3 Å². The summed E-state index contributed by atoms with van der Waals surface area (Å²) in [6.45, 7) is 2.34. The molecule has 0 fully saturated rings. The number of aryl methyl sites for hydroxylation is 1. The van der Waals surface area contributed by atoms with E-state index in [0.717, 1.165) is 16.5 Å². The maximum absolute atomic E-state index is 13.6. The molecule has 4 aromatic carbocycles. The average molecular weight is 629 g/mol. The van der Waals surface area contributed by atoms with Gasteiger partial charge in [0.2, 0.25) is 5.82 Å². The van der Waals surface area contributed by atoms with Gasteiger partial charge in [-0.15, -0.1) is 0 Å². The fourth-order valence-electron chi connectivity index (χ4n) is 4.54. The SMILES string of the molecule is COc1cc(C=Nn2c(-c3cc4ccccc4o3)nc3ccccc3c2=O)c(Br)c(Cl)c1OCc1cccc(C)c1. The van der Waals surface area contributed by atoms with Gasteiger partial charge >= 0.3 is 0 Å². The number of furan rings is 1. The zero-order valence-electron chi connectivity index (χ0n) is 22.1. The molecule has 7 nitrogen and oxygen atoms in total. The van der Waals surface area contributed by atoms with Gasteiger partial charge in [-0.3, -0.25) is 4.79 Å². The molecule has 0 N–H and O–H groups in total. The normalized spacial score (nSPS) is 11.5. The number of ether oxygens (including phenoxy) is 2. The van der Waals surface area contributed by atoms with E-state index in [4.69, 9.17) is 30.5 Å². The minimum atomic E-state index is -0.338. The van der Waals surface area contributed by atoms with Crippen LogP contribution in [-0.2, 0) is 6.61 Å². The zero-order valence-corrected chi connectivity index (χ0v) is 24.4. The smallest absolute Gasteiger partial charge is 0.282 e. The van der Waals surface area contributed by atoms with E-state index in [2.05, 4.69) is 21.0 Å². The van der Waals surface area contributed by atoms with E-state index in [1.807, 2.05) is 67.6 Å². The highest BCUT2D eigenvalue weighted by Crippen LogP contribution is 2.42. The van der Waals surface area contributed by atoms with Gasteiger partial charge in [0.25, 0.3) is 5.56 Å². The summed E-state index contributed by atoms with van der Waals surface area (Å²) in [5.74, 6) is 1.51. The lowest BCUT2D eigenvalue weighted by molar-refractivity contribution is 0.284. The molecule has 0 atom stereocenters. The van der Waals surface area contributed by atoms with Crippen molar-refractivity contribution in [1.82, 2.24) is 9.66 Å². The summed E-state index contributed by atoms with van der Waals surface area (Å²) in [4.78, 5) is 18.4. The van der Waals surface area contributed by atoms with E-state index in [9.17, 15) is 4.79 Å². The predicted molar refractivity (Wildman–Crippen MR) is 165 cm³/mol. The Balaban J connectivity index is 1.42. The zero-order chi connectivity index (χ0) is 28.5. The number of aromatic nitrogens is 2. The van der Waals surface area contributed by atoms with Crippen molar-refractivity contribution in [3.63, 3.8) is 0 Å². The molecule has 2 heterocycles. The summed E-state index contributed by atoms with van der Waals surface area (Å²) >= 11 is 10.3. The van der Waals surface area contributed by atoms with Crippen molar-refractivity contribution in [2.75, 3.05) is 7.11 Å². The molecule has 0 amide bonds. The Morgan fingerprint density at radius 3 is 2.66 bits per heavy atom. The average Bonchev–Trinajstić information content (AvgIpc) is 3.42. The number of fused-ring (bicyclic) bond motifs is 2. The number of hydrogen-bond donors (Lipinski definition) is 0. The van der Waals surface area contributed by atoms with Crippen LogP contribution in [0.25, 0.3) is 33.5 Å². The van der Waals surface area contributed by atoms with E-state index in [0.29, 0.717) is 55.4 Å². The number of para-hydroxylation sites is 2. The van der Waals surface area contributed by atoms with Crippen molar-refractivity contribution >= 4 is 55.6 Å². The second-order valence-electron chi connectivity index (χ2n) is 9.37. The molecule has 0 aliphatic carbocycles. The molecule has 0 aliphatic heterocycles. The molecule has 0 saturated carbocycles. The molecule has 6 aromatic rings. The van der Waals surface area contributed by atoms with Crippen molar-refractivity contribution in [3.8, 4) is 23.1 Å². The highest BCUT2D eigenvalue weighted by atomic mass is 79.9. The van der Waals surface area contributed by atoms with Gasteiger partial charge in [0.1, 0.15) is 17.2 Å². The summed E-state index contributed by atoms with van der Waals surface area (Å²) in [6.07, 6.45) is 1.52. The Morgan fingerprint density at radius 1 is 1.05 bits per heavy atom. The summed E-state index contributed by atoms with van der Waals surface area (Å²) in [7, 11) is 1.54. The fraction of sp³-hybridized carbons (Fsp3) is 0.0938. The summed E-state index contributed by atoms with van der Waals surface area (Å²) in [5, 5.41) is 6.19. The lowest BCUT2D eigenvalue weighted by Crippen LogP contribution is -2.20. The quantitative estimate of drug-likeness (QED) is 0.167. The number of halogens is 2. The Labute approximate surface area is 248 Å². The maximum atomic E-state index is 13.6. The van der Waals surface area contributed by atoms with Crippen LogP contribution in [0.5, 0.6) is 11.5 Å². The van der Waals surface area contributed by atoms with Crippen LogP contribution in [0.1, 0.15) is 16.7 Å². The largest absolute Gasteiger partial charge is 0.493 e. The van der Waals surface area contributed by atoms with Crippen LogP contribution in [0.2, 0.25) is 5.02 Å². The van der Waals surface area contributed by atoms with E-state index < -0.39 is 0 Å². The van der Waals surface area contributed by atoms with Gasteiger partial charge in [-0.2, -0.15) is 9.78 Å². The first-order valence-electron chi connectivity index (χ1n) is 12.7. The van der Waals surface area contributed by atoms with Crippen LogP contribution in [0.4, 0.5) is 0 Å².